The van der Waals surface area contributed by atoms with Gasteiger partial charge in [-0.3, -0.25) is 0 Å². The molecule has 0 radical (unpaired) electrons. The van der Waals surface area contributed by atoms with E-state index >= 15 is 0 Å². The van der Waals surface area contributed by atoms with Crippen LogP contribution < -0.4 is 5.46 Å². The highest BCUT2D eigenvalue weighted by atomic mass is 32.2. The first-order valence-corrected chi connectivity index (χ1v) is 20.9. The number of nitrogens with zero attached hydrogens (tertiary/aromatic N) is 2. The summed E-state index contributed by atoms with van der Waals surface area (Å²) in [5.41, 5.74) is 4.70. The van der Waals surface area contributed by atoms with Crippen LogP contribution >= 0.6 is 11.8 Å². The molecule has 5 aliphatic carbocycles. The fourth-order valence-corrected chi connectivity index (χ4v) is 16.7. The summed E-state index contributed by atoms with van der Waals surface area (Å²) in [7, 11) is 0. The van der Waals surface area contributed by atoms with Crippen molar-refractivity contribution in [3.8, 4) is 11.1 Å². The maximum Gasteiger partial charge on any atom is 0.187 e. The van der Waals surface area contributed by atoms with Crippen LogP contribution in [0.5, 0.6) is 0 Å². The Kier molecular flexibility index (Phi) is 6.62. The van der Waals surface area contributed by atoms with Crippen LogP contribution in [0.15, 0.2) is 66.5 Å². The first kappa shape index (κ1) is 28.1. The molecule has 8 fully saturated rings. The minimum atomic E-state index is 0.700. The number of hydrogen-bond donors (Lipinski definition) is 0. The lowest BCUT2D eigenvalue weighted by Gasteiger charge is -2.69. The van der Waals surface area contributed by atoms with Crippen molar-refractivity contribution in [1.82, 2.24) is 9.80 Å². The molecular formula is C42H53BN2S. The van der Waals surface area contributed by atoms with Gasteiger partial charge in [0.2, 0.25) is 0 Å². The van der Waals surface area contributed by atoms with Crippen LogP contribution in [-0.4, -0.2) is 51.2 Å². The summed E-state index contributed by atoms with van der Waals surface area (Å²) in [6.45, 7) is 0.700. The van der Waals surface area contributed by atoms with E-state index in [-0.39, 0.29) is 0 Å². The fraction of sp³-hybridized carbons (Fsp3) is 0.667. The van der Waals surface area contributed by atoms with Crippen LogP contribution in [0, 0.1) is 29.6 Å². The van der Waals surface area contributed by atoms with Gasteiger partial charge in [0.05, 0.1) is 0 Å². The van der Waals surface area contributed by atoms with Crippen molar-refractivity contribution in [2.24, 2.45) is 29.6 Å². The molecule has 0 aromatic heterocycles. The van der Waals surface area contributed by atoms with Gasteiger partial charge in [-0.05, 0) is 91.5 Å². The predicted octanol–water partition coefficient (Wildman–Crippen LogP) is 9.24. The van der Waals surface area contributed by atoms with E-state index in [1.807, 2.05) is 0 Å². The van der Waals surface area contributed by atoms with Crippen molar-refractivity contribution >= 4 is 23.9 Å². The number of thioether (sulfide) groups is 1. The molecule has 13 atom stereocenters. The van der Waals surface area contributed by atoms with Crippen LogP contribution in [0.1, 0.15) is 96.3 Å². The minimum Gasteiger partial charge on any atom is -0.352 e. The molecule has 0 amide bonds. The molecule has 13 unspecified atom stereocenters. The molecule has 9 aliphatic rings. The molecule has 2 aromatic carbocycles. The topological polar surface area (TPSA) is 6.48 Å². The molecule has 2 aromatic rings. The van der Waals surface area contributed by atoms with E-state index in [0.717, 1.165) is 75.9 Å². The molecule has 0 spiro atoms. The highest BCUT2D eigenvalue weighted by molar-refractivity contribution is 8.00. The van der Waals surface area contributed by atoms with Crippen LogP contribution in [0.25, 0.3) is 11.1 Å². The first-order valence-electron chi connectivity index (χ1n) is 19.9. The Morgan fingerprint density at radius 2 is 1.39 bits per heavy atom. The summed E-state index contributed by atoms with van der Waals surface area (Å²) >= 11 is 2.54. The van der Waals surface area contributed by atoms with Gasteiger partial charge >= 0.3 is 0 Å². The molecule has 4 heterocycles. The monoisotopic (exact) mass is 628 g/mol. The van der Waals surface area contributed by atoms with Gasteiger partial charge in [0.15, 0.2) is 6.71 Å². The largest absolute Gasteiger partial charge is 0.352 e. The predicted molar refractivity (Wildman–Crippen MR) is 194 cm³/mol. The Morgan fingerprint density at radius 1 is 0.609 bits per heavy atom. The van der Waals surface area contributed by atoms with Crippen LogP contribution in [0.4, 0.5) is 0 Å². The molecule has 4 heteroatoms. The third-order valence-corrected chi connectivity index (χ3v) is 17.7. The third-order valence-electron chi connectivity index (χ3n) is 15.8. The second-order valence-corrected chi connectivity index (χ2v) is 18.8. The third kappa shape index (κ3) is 3.92. The Hall–Kier alpha value is -1.81. The van der Waals surface area contributed by atoms with E-state index in [4.69, 9.17) is 0 Å². The number of hydrogen-bond acceptors (Lipinski definition) is 3. The van der Waals surface area contributed by atoms with Crippen molar-refractivity contribution in [3.63, 3.8) is 0 Å². The highest BCUT2D eigenvalue weighted by Crippen LogP contribution is 2.66. The lowest BCUT2D eigenvalue weighted by atomic mass is 9.22. The van der Waals surface area contributed by atoms with E-state index in [1.165, 1.54) is 102 Å². The Morgan fingerprint density at radius 3 is 2.35 bits per heavy atom. The maximum atomic E-state index is 3.33. The summed E-state index contributed by atoms with van der Waals surface area (Å²) in [6, 6.07) is 24.4. The van der Waals surface area contributed by atoms with E-state index in [9.17, 15) is 0 Å². The van der Waals surface area contributed by atoms with Crippen molar-refractivity contribution in [2.45, 2.75) is 143 Å². The van der Waals surface area contributed by atoms with Crippen molar-refractivity contribution in [3.05, 3.63) is 66.5 Å². The summed E-state index contributed by atoms with van der Waals surface area (Å²) in [5.74, 6) is 7.97. The van der Waals surface area contributed by atoms with Gasteiger partial charge in [-0.15, -0.1) is 0 Å². The van der Waals surface area contributed by atoms with Crippen molar-refractivity contribution < 1.29 is 0 Å². The van der Waals surface area contributed by atoms with E-state index in [2.05, 4.69) is 82.2 Å². The lowest BCUT2D eigenvalue weighted by molar-refractivity contribution is -0.103. The van der Waals surface area contributed by atoms with Gasteiger partial charge < -0.3 is 9.80 Å². The van der Waals surface area contributed by atoms with Crippen LogP contribution in [0.3, 0.4) is 0 Å². The van der Waals surface area contributed by atoms with Gasteiger partial charge in [-0.2, -0.15) is 11.8 Å². The molecule has 5 saturated carbocycles. The second-order valence-electron chi connectivity index (χ2n) is 17.4. The SMILES string of the molecule is C1=C2N(C3CCCCC13)C1CCCC3CCC4B(c5ccccc5-c5ccccc5)C5CCC6C7CCCCC7SC6C5N2C4C31. The zero-order valence-electron chi connectivity index (χ0n) is 27.8. The number of fused-ring (bicyclic) bond motifs is 11. The second kappa shape index (κ2) is 10.8. The number of rotatable bonds is 2. The summed E-state index contributed by atoms with van der Waals surface area (Å²) in [5, 5.41) is 1.78. The smallest absolute Gasteiger partial charge is 0.187 e. The molecule has 4 aliphatic heterocycles. The molecule has 11 rings (SSSR count). The number of benzene rings is 2. The van der Waals surface area contributed by atoms with Crippen molar-refractivity contribution in [2.75, 3.05) is 0 Å². The summed E-state index contributed by atoms with van der Waals surface area (Å²) in [6.07, 6.45) is 25.1. The fourth-order valence-electron chi connectivity index (χ4n) is 14.4. The van der Waals surface area contributed by atoms with E-state index < -0.39 is 0 Å². The molecule has 46 heavy (non-hydrogen) atoms. The summed E-state index contributed by atoms with van der Waals surface area (Å²) in [4.78, 5) is 6.51. The zero-order chi connectivity index (χ0) is 29.9. The van der Waals surface area contributed by atoms with Crippen LogP contribution in [0.2, 0.25) is 11.6 Å². The standard InChI is InChI=1S/C42H53BN2S/c1-2-11-26(12-3-1)29-15-5-7-17-32(29)43-33-23-21-27-14-10-19-36-39(27)40(33)45(38-25-28-13-4-8-18-35(28)44(36)38)41-34(43)24-22-31-30-16-6-9-20-37(30)46-42(31)41/h1-3,5,7,11-12,15,17,25,27-28,30-31,33-37,39-42H,4,6,8-10,13-14,16,18-24H2. The normalized spacial score (nSPS) is 45.1. The zero-order valence-corrected chi connectivity index (χ0v) is 28.6. The average Bonchev–Trinajstić information content (AvgIpc) is 3.70. The molecular weight excluding hydrogens is 575 g/mol. The Bertz CT molecular complexity index is 1510. The van der Waals surface area contributed by atoms with E-state index in [1.54, 1.807) is 16.8 Å². The average molecular weight is 629 g/mol. The maximum absolute atomic E-state index is 3.33. The van der Waals surface area contributed by atoms with Crippen LogP contribution in [-0.2, 0) is 0 Å². The van der Waals surface area contributed by atoms with Gasteiger partial charge in [-0.25, -0.2) is 0 Å². The first-order chi connectivity index (χ1) is 22.8. The molecule has 0 N–H and O–H groups in total. The Labute approximate surface area is 282 Å². The van der Waals surface area contributed by atoms with Gasteiger partial charge in [0, 0.05) is 46.5 Å². The van der Waals surface area contributed by atoms with Gasteiger partial charge in [-0.1, -0.05) is 111 Å². The van der Waals surface area contributed by atoms with E-state index in [0.29, 0.717) is 6.71 Å². The Balaban J connectivity index is 1.10. The minimum absolute atomic E-state index is 0.700. The molecule has 2 nitrogen and oxygen atoms in total. The van der Waals surface area contributed by atoms with Gasteiger partial charge in [0.25, 0.3) is 0 Å². The lowest BCUT2D eigenvalue weighted by Crippen LogP contribution is -2.75. The highest BCUT2D eigenvalue weighted by Gasteiger charge is 2.67. The quantitative estimate of drug-likeness (QED) is 0.306. The van der Waals surface area contributed by atoms with Crippen molar-refractivity contribution in [1.29, 1.82) is 0 Å². The molecule has 0 bridgehead atoms. The summed E-state index contributed by atoms with van der Waals surface area (Å²) < 4.78 is 0. The van der Waals surface area contributed by atoms with Gasteiger partial charge in [0.1, 0.15) is 5.82 Å². The molecule has 240 valence electrons. The molecule has 3 saturated heterocycles.